The normalized spacial score (nSPS) is 11.1. The first-order valence-corrected chi connectivity index (χ1v) is 13.1. The molecule has 0 bridgehead atoms. The Kier molecular flexibility index (Phi) is 8.53. The van der Waals surface area contributed by atoms with Crippen molar-refractivity contribution in [1.29, 1.82) is 0 Å². The van der Waals surface area contributed by atoms with Crippen LogP contribution in [0.2, 0.25) is 0 Å². The number of hydrogen-bond donors (Lipinski definition) is 0. The fourth-order valence-corrected chi connectivity index (χ4v) is 5.10. The topological polar surface area (TPSA) is 72.0 Å². The second-order valence-corrected chi connectivity index (χ2v) is 9.44. The van der Waals surface area contributed by atoms with Gasteiger partial charge >= 0.3 is 0 Å². The Hall–Kier alpha value is -3.75. The van der Waals surface area contributed by atoms with Crippen molar-refractivity contribution in [2.45, 2.75) is 13.8 Å². The molecule has 0 unspecified atom stereocenters. The van der Waals surface area contributed by atoms with Gasteiger partial charge in [0, 0.05) is 41.9 Å². The minimum absolute atomic E-state index is 0.0768. The van der Waals surface area contributed by atoms with E-state index >= 15 is 0 Å². The summed E-state index contributed by atoms with van der Waals surface area (Å²) < 4.78 is 11.8. The highest BCUT2D eigenvalue weighted by Gasteiger charge is 2.23. The highest BCUT2D eigenvalue weighted by atomic mass is 32.1. The van der Waals surface area contributed by atoms with Crippen LogP contribution in [0.4, 0.5) is 5.13 Å². The van der Waals surface area contributed by atoms with Crippen molar-refractivity contribution in [3.05, 3.63) is 83.4 Å². The molecule has 3 aromatic carbocycles. The van der Waals surface area contributed by atoms with E-state index in [1.54, 1.807) is 55.5 Å². The molecule has 0 fully saturated rings. The Morgan fingerprint density at radius 2 is 1.41 bits per heavy atom. The number of thiazole rings is 1. The number of hydrogen-bond acceptors (Lipinski definition) is 7. The van der Waals surface area contributed by atoms with Crippen molar-refractivity contribution in [3.8, 4) is 11.5 Å². The van der Waals surface area contributed by atoms with Gasteiger partial charge in [-0.25, -0.2) is 4.98 Å². The van der Waals surface area contributed by atoms with Gasteiger partial charge in [-0.05, 0) is 25.2 Å². The van der Waals surface area contributed by atoms with Crippen molar-refractivity contribution in [1.82, 2.24) is 9.88 Å². The van der Waals surface area contributed by atoms with E-state index in [4.69, 9.17) is 14.5 Å². The first-order chi connectivity index (χ1) is 18.0. The zero-order valence-electron chi connectivity index (χ0n) is 21.6. The average Bonchev–Trinajstić information content (AvgIpc) is 3.37. The quantitative estimate of drug-likeness (QED) is 0.244. The number of nitrogens with zero attached hydrogens (tertiary/aromatic N) is 3. The van der Waals surface area contributed by atoms with Crippen LogP contribution in [0.5, 0.6) is 11.5 Å². The van der Waals surface area contributed by atoms with Crippen LogP contribution in [0.1, 0.15) is 40.1 Å². The molecule has 0 N–H and O–H groups in total. The smallest absolute Gasteiger partial charge is 0.260 e. The molecule has 0 saturated heterocycles. The Labute approximate surface area is 221 Å². The number of fused-ring (bicyclic) bond motifs is 1. The van der Waals surface area contributed by atoms with Gasteiger partial charge in [-0.15, -0.1) is 0 Å². The van der Waals surface area contributed by atoms with Crippen molar-refractivity contribution in [2.75, 3.05) is 45.3 Å². The summed E-state index contributed by atoms with van der Waals surface area (Å²) in [5.41, 5.74) is 2.39. The maximum absolute atomic E-state index is 13.7. The summed E-state index contributed by atoms with van der Waals surface area (Å²) >= 11 is 1.44. The number of aromatic nitrogens is 1. The van der Waals surface area contributed by atoms with Crippen LogP contribution in [0.15, 0.2) is 66.7 Å². The predicted molar refractivity (Wildman–Crippen MR) is 149 cm³/mol. The molecule has 37 heavy (non-hydrogen) atoms. The lowest BCUT2D eigenvalue weighted by atomic mass is 10.0. The zero-order chi connectivity index (χ0) is 26.4. The molecular formula is C29H31N3O4S. The van der Waals surface area contributed by atoms with E-state index in [0.29, 0.717) is 46.4 Å². The fraction of sp³-hybridized carbons (Fsp3) is 0.276. The molecule has 4 rings (SSSR count). The largest absolute Gasteiger partial charge is 0.493 e. The number of likely N-dealkylation sites (N-methyl/N-ethyl adjacent to an activating group) is 1. The second-order valence-electron chi connectivity index (χ2n) is 8.43. The van der Waals surface area contributed by atoms with Gasteiger partial charge in [-0.1, -0.05) is 67.6 Å². The maximum atomic E-state index is 13.7. The highest BCUT2D eigenvalue weighted by Crippen LogP contribution is 2.37. The Morgan fingerprint density at radius 3 is 2.03 bits per heavy atom. The van der Waals surface area contributed by atoms with Crippen LogP contribution in [0, 0.1) is 0 Å². The first kappa shape index (κ1) is 26.3. The molecule has 7 nitrogen and oxygen atoms in total. The lowest BCUT2D eigenvalue weighted by Crippen LogP contribution is -2.38. The number of ether oxygens (including phenoxy) is 2. The number of ketones is 1. The molecule has 8 heteroatoms. The van der Waals surface area contributed by atoms with Crippen molar-refractivity contribution in [3.63, 3.8) is 0 Å². The molecule has 4 aromatic rings. The van der Waals surface area contributed by atoms with E-state index in [9.17, 15) is 9.59 Å². The van der Waals surface area contributed by atoms with Crippen molar-refractivity contribution in [2.24, 2.45) is 0 Å². The van der Waals surface area contributed by atoms with Gasteiger partial charge in [0.25, 0.3) is 5.91 Å². The monoisotopic (exact) mass is 517 g/mol. The summed E-state index contributed by atoms with van der Waals surface area (Å²) in [7, 11) is 3.18. The number of benzene rings is 3. The summed E-state index contributed by atoms with van der Waals surface area (Å²) in [4.78, 5) is 35.3. The predicted octanol–water partition coefficient (Wildman–Crippen LogP) is 5.53. The molecule has 0 radical (unpaired) electrons. The summed E-state index contributed by atoms with van der Waals surface area (Å²) in [6, 6.07) is 19.7. The van der Waals surface area contributed by atoms with Crippen LogP contribution in [0.25, 0.3) is 10.2 Å². The number of rotatable bonds is 11. The highest BCUT2D eigenvalue weighted by molar-refractivity contribution is 7.22. The van der Waals surface area contributed by atoms with Crippen LogP contribution < -0.4 is 14.4 Å². The summed E-state index contributed by atoms with van der Waals surface area (Å²) in [6.07, 6.45) is 0. The van der Waals surface area contributed by atoms with Gasteiger partial charge in [-0.2, -0.15) is 0 Å². The number of methoxy groups -OCH3 is 2. The summed E-state index contributed by atoms with van der Waals surface area (Å²) in [5, 5.41) is 0.604. The molecule has 0 aliphatic carbocycles. The summed E-state index contributed by atoms with van der Waals surface area (Å²) in [5.74, 6) is 0.965. The third kappa shape index (κ3) is 5.81. The SMILES string of the molecule is CCN(CC)CCN(C(=O)c1ccc(C(=O)c2ccccc2)cc1)c1nc2cc(OC)c(OC)cc2s1. The van der Waals surface area contributed by atoms with Gasteiger partial charge in [-0.3, -0.25) is 14.5 Å². The van der Waals surface area contributed by atoms with E-state index in [0.717, 1.165) is 23.3 Å². The van der Waals surface area contributed by atoms with Gasteiger partial charge in [0.2, 0.25) is 0 Å². The van der Waals surface area contributed by atoms with Crippen LogP contribution in [-0.4, -0.2) is 62.0 Å². The molecule has 1 aromatic heterocycles. The number of amides is 1. The third-order valence-electron chi connectivity index (χ3n) is 6.32. The molecule has 0 aliphatic rings. The molecule has 192 valence electrons. The average molecular weight is 518 g/mol. The first-order valence-electron chi connectivity index (χ1n) is 12.3. The number of carbonyl (C=O) groups is 2. The van der Waals surface area contributed by atoms with Crippen molar-refractivity contribution < 1.29 is 19.1 Å². The van der Waals surface area contributed by atoms with E-state index < -0.39 is 0 Å². The lowest BCUT2D eigenvalue weighted by molar-refractivity contribution is 0.0981. The molecule has 0 spiro atoms. The number of anilines is 1. The third-order valence-corrected chi connectivity index (χ3v) is 7.36. The van der Waals surface area contributed by atoms with Crippen LogP contribution >= 0.6 is 11.3 Å². The molecule has 1 heterocycles. The Morgan fingerprint density at radius 1 is 0.811 bits per heavy atom. The van der Waals surface area contributed by atoms with Gasteiger partial charge in [0.05, 0.1) is 24.4 Å². The molecule has 0 atom stereocenters. The van der Waals surface area contributed by atoms with Crippen molar-refractivity contribution >= 4 is 38.4 Å². The molecular weight excluding hydrogens is 486 g/mol. The van der Waals surface area contributed by atoms with E-state index in [-0.39, 0.29) is 11.7 Å². The van der Waals surface area contributed by atoms with Gasteiger partial charge in [0.15, 0.2) is 22.4 Å². The van der Waals surface area contributed by atoms with Gasteiger partial charge < -0.3 is 14.4 Å². The number of carbonyl (C=O) groups excluding carboxylic acids is 2. The molecule has 0 aliphatic heterocycles. The maximum Gasteiger partial charge on any atom is 0.260 e. The van der Waals surface area contributed by atoms with E-state index in [1.165, 1.54) is 11.3 Å². The second kappa shape index (κ2) is 12.0. The van der Waals surface area contributed by atoms with Crippen LogP contribution in [0.3, 0.4) is 0 Å². The Bertz CT molecular complexity index is 1320. The summed E-state index contributed by atoms with van der Waals surface area (Å²) in [6.45, 7) is 7.19. The Balaban J connectivity index is 1.65. The van der Waals surface area contributed by atoms with Crippen LogP contribution in [-0.2, 0) is 0 Å². The minimum Gasteiger partial charge on any atom is -0.493 e. The minimum atomic E-state index is -0.163. The standard InChI is InChI=1S/C29H31N3O4S/c1-5-31(6-2)16-17-32(29-30-23-18-24(35-3)25(36-4)19-26(23)37-29)28(34)22-14-12-21(13-15-22)27(33)20-10-8-7-9-11-20/h7-15,18-19H,5-6,16-17H2,1-4H3. The van der Waals surface area contributed by atoms with E-state index in [2.05, 4.69) is 18.7 Å². The molecule has 0 saturated carbocycles. The lowest BCUT2D eigenvalue weighted by Gasteiger charge is -2.24. The van der Waals surface area contributed by atoms with Gasteiger partial charge in [0.1, 0.15) is 0 Å². The fourth-order valence-electron chi connectivity index (χ4n) is 4.10. The zero-order valence-corrected chi connectivity index (χ0v) is 22.4. The molecule has 1 amide bonds. The van der Waals surface area contributed by atoms with E-state index in [1.807, 2.05) is 30.3 Å².